The minimum absolute atomic E-state index is 0.275. The zero-order valence-corrected chi connectivity index (χ0v) is 9.15. The van der Waals surface area contributed by atoms with Crippen molar-refractivity contribution in [1.29, 1.82) is 0 Å². The number of methoxy groups -OCH3 is 1. The number of thiazole rings is 1. The van der Waals surface area contributed by atoms with Gasteiger partial charge in [-0.1, -0.05) is 0 Å². The number of rotatable bonds is 4. The summed E-state index contributed by atoms with van der Waals surface area (Å²) in [5.74, 6) is 0. The lowest BCUT2D eigenvalue weighted by atomic mass is 10.1. The van der Waals surface area contributed by atoms with Crippen molar-refractivity contribution in [3.05, 3.63) is 16.1 Å². The molecule has 0 aliphatic carbocycles. The highest BCUT2D eigenvalue weighted by molar-refractivity contribution is 7.11. The van der Waals surface area contributed by atoms with Gasteiger partial charge in [0.25, 0.3) is 0 Å². The maximum Gasteiger partial charge on any atom is 0.0951 e. The van der Waals surface area contributed by atoms with Crippen LogP contribution in [0.2, 0.25) is 0 Å². The molecule has 1 aromatic heterocycles. The molecule has 1 rings (SSSR count). The molecule has 0 radical (unpaired) electrons. The molecule has 0 aliphatic heterocycles. The fraction of sp³-hybridized carbons (Fsp3) is 0.667. The second-order valence-corrected chi connectivity index (χ2v) is 4.70. The monoisotopic (exact) mass is 200 g/mol. The SMILES string of the molecule is COCCc1ncc(C(C)(C)N)s1. The number of nitrogens with zero attached hydrogens (tertiary/aromatic N) is 1. The van der Waals surface area contributed by atoms with Crippen molar-refractivity contribution >= 4 is 11.3 Å². The van der Waals surface area contributed by atoms with Crippen molar-refractivity contribution in [2.24, 2.45) is 5.73 Å². The van der Waals surface area contributed by atoms with Crippen LogP contribution in [0, 0.1) is 0 Å². The van der Waals surface area contributed by atoms with Crippen LogP contribution in [-0.4, -0.2) is 18.7 Å². The van der Waals surface area contributed by atoms with E-state index in [9.17, 15) is 0 Å². The summed E-state index contributed by atoms with van der Waals surface area (Å²) in [7, 11) is 1.70. The second kappa shape index (κ2) is 4.17. The topological polar surface area (TPSA) is 48.1 Å². The van der Waals surface area contributed by atoms with Crippen molar-refractivity contribution < 1.29 is 4.74 Å². The highest BCUT2D eigenvalue weighted by Crippen LogP contribution is 2.23. The van der Waals surface area contributed by atoms with Crippen LogP contribution >= 0.6 is 11.3 Å². The van der Waals surface area contributed by atoms with Crippen LogP contribution in [0.3, 0.4) is 0 Å². The van der Waals surface area contributed by atoms with Crippen LogP contribution in [0.1, 0.15) is 23.7 Å². The first kappa shape index (κ1) is 10.6. The van der Waals surface area contributed by atoms with E-state index < -0.39 is 0 Å². The molecule has 0 saturated heterocycles. The molecule has 13 heavy (non-hydrogen) atoms. The highest BCUT2D eigenvalue weighted by atomic mass is 32.1. The fourth-order valence-electron chi connectivity index (χ4n) is 0.913. The Kier molecular flexibility index (Phi) is 3.41. The van der Waals surface area contributed by atoms with Gasteiger partial charge in [-0.15, -0.1) is 11.3 Å². The minimum Gasteiger partial charge on any atom is -0.384 e. The summed E-state index contributed by atoms with van der Waals surface area (Å²) < 4.78 is 4.98. The van der Waals surface area contributed by atoms with Gasteiger partial charge in [0, 0.05) is 30.1 Å². The molecular formula is C9H16N2OS. The molecule has 0 aromatic carbocycles. The van der Waals surface area contributed by atoms with Crippen LogP contribution in [0.4, 0.5) is 0 Å². The van der Waals surface area contributed by atoms with Gasteiger partial charge < -0.3 is 10.5 Å². The number of hydrogen-bond acceptors (Lipinski definition) is 4. The zero-order valence-electron chi connectivity index (χ0n) is 8.33. The molecule has 0 spiro atoms. The molecule has 0 aliphatic rings. The molecule has 0 unspecified atom stereocenters. The standard InChI is InChI=1S/C9H16N2OS/c1-9(2,10)7-6-11-8(13-7)4-5-12-3/h6H,4-5,10H2,1-3H3. The third-order valence-corrected chi connectivity index (χ3v) is 3.11. The van der Waals surface area contributed by atoms with E-state index in [1.54, 1.807) is 18.4 Å². The predicted octanol–water partition coefficient (Wildman–Crippen LogP) is 1.53. The number of ether oxygens (including phenoxy) is 1. The van der Waals surface area contributed by atoms with Crippen LogP contribution in [0.25, 0.3) is 0 Å². The van der Waals surface area contributed by atoms with Crippen molar-refractivity contribution in [2.75, 3.05) is 13.7 Å². The van der Waals surface area contributed by atoms with E-state index in [4.69, 9.17) is 10.5 Å². The molecule has 3 nitrogen and oxygen atoms in total. The molecule has 74 valence electrons. The van der Waals surface area contributed by atoms with E-state index in [0.717, 1.165) is 22.9 Å². The molecule has 0 bridgehead atoms. The van der Waals surface area contributed by atoms with E-state index in [1.807, 2.05) is 20.0 Å². The summed E-state index contributed by atoms with van der Waals surface area (Å²) in [5, 5.41) is 1.09. The van der Waals surface area contributed by atoms with Crippen molar-refractivity contribution in [3.8, 4) is 0 Å². The van der Waals surface area contributed by atoms with Gasteiger partial charge in [0.15, 0.2) is 0 Å². The maximum atomic E-state index is 5.94. The lowest BCUT2D eigenvalue weighted by molar-refractivity contribution is 0.202. The first-order valence-electron chi connectivity index (χ1n) is 4.27. The third-order valence-electron chi connectivity index (χ3n) is 1.71. The van der Waals surface area contributed by atoms with Gasteiger partial charge in [0.2, 0.25) is 0 Å². The van der Waals surface area contributed by atoms with E-state index in [-0.39, 0.29) is 5.54 Å². The van der Waals surface area contributed by atoms with Gasteiger partial charge in [-0.25, -0.2) is 4.98 Å². The largest absolute Gasteiger partial charge is 0.384 e. The van der Waals surface area contributed by atoms with E-state index in [0.29, 0.717) is 0 Å². The van der Waals surface area contributed by atoms with Gasteiger partial charge in [-0.3, -0.25) is 0 Å². The molecule has 0 amide bonds. The second-order valence-electron chi connectivity index (χ2n) is 3.58. The molecule has 1 aromatic rings. The summed E-state index contributed by atoms with van der Waals surface area (Å²) in [6, 6.07) is 0. The van der Waals surface area contributed by atoms with Crippen LogP contribution < -0.4 is 5.73 Å². The Bertz CT molecular complexity index is 265. The molecule has 0 saturated carbocycles. The fourth-order valence-corrected chi connectivity index (χ4v) is 1.83. The third kappa shape index (κ3) is 3.06. The summed E-state index contributed by atoms with van der Waals surface area (Å²) in [6.45, 7) is 4.69. The molecular weight excluding hydrogens is 184 g/mol. The summed E-state index contributed by atoms with van der Waals surface area (Å²) in [5.41, 5.74) is 5.66. The predicted molar refractivity (Wildman–Crippen MR) is 54.9 cm³/mol. The molecule has 0 atom stereocenters. The van der Waals surface area contributed by atoms with Crippen molar-refractivity contribution in [3.63, 3.8) is 0 Å². The van der Waals surface area contributed by atoms with Crippen LogP contribution in [-0.2, 0) is 16.7 Å². The normalized spacial score (nSPS) is 12.0. The van der Waals surface area contributed by atoms with Gasteiger partial charge in [0.05, 0.1) is 11.6 Å². The smallest absolute Gasteiger partial charge is 0.0951 e. The summed E-state index contributed by atoms with van der Waals surface area (Å²) in [6.07, 6.45) is 2.73. The Morgan fingerprint density at radius 2 is 2.31 bits per heavy atom. The Morgan fingerprint density at radius 3 is 2.77 bits per heavy atom. The quantitative estimate of drug-likeness (QED) is 0.801. The Morgan fingerprint density at radius 1 is 1.62 bits per heavy atom. The van der Waals surface area contributed by atoms with Crippen molar-refractivity contribution in [2.45, 2.75) is 25.8 Å². The lowest BCUT2D eigenvalue weighted by Gasteiger charge is -2.14. The number of aromatic nitrogens is 1. The van der Waals surface area contributed by atoms with Crippen LogP contribution in [0.15, 0.2) is 6.20 Å². The Labute approximate surface area is 82.9 Å². The van der Waals surface area contributed by atoms with E-state index >= 15 is 0 Å². The summed E-state index contributed by atoms with van der Waals surface area (Å²) >= 11 is 1.66. The van der Waals surface area contributed by atoms with E-state index in [2.05, 4.69) is 4.98 Å². The number of hydrogen-bond donors (Lipinski definition) is 1. The van der Waals surface area contributed by atoms with E-state index in [1.165, 1.54) is 0 Å². The van der Waals surface area contributed by atoms with Gasteiger partial charge in [-0.2, -0.15) is 0 Å². The highest BCUT2D eigenvalue weighted by Gasteiger charge is 2.17. The first-order chi connectivity index (χ1) is 6.04. The minimum atomic E-state index is -0.275. The number of nitrogens with two attached hydrogens (primary N) is 1. The maximum absolute atomic E-state index is 5.94. The molecule has 1 heterocycles. The summed E-state index contributed by atoms with van der Waals surface area (Å²) in [4.78, 5) is 5.40. The Hall–Kier alpha value is -0.450. The molecule has 2 N–H and O–H groups in total. The zero-order chi connectivity index (χ0) is 9.90. The van der Waals surface area contributed by atoms with Crippen molar-refractivity contribution in [1.82, 2.24) is 4.98 Å². The van der Waals surface area contributed by atoms with Gasteiger partial charge >= 0.3 is 0 Å². The van der Waals surface area contributed by atoms with Gasteiger partial charge in [0.1, 0.15) is 0 Å². The first-order valence-corrected chi connectivity index (χ1v) is 5.08. The Balaban J connectivity index is 2.64. The van der Waals surface area contributed by atoms with Crippen LogP contribution in [0.5, 0.6) is 0 Å². The lowest BCUT2D eigenvalue weighted by Crippen LogP contribution is -2.27. The average Bonchev–Trinajstić information content (AvgIpc) is 2.47. The molecule has 0 fully saturated rings. The van der Waals surface area contributed by atoms with Gasteiger partial charge in [-0.05, 0) is 13.8 Å². The molecule has 4 heteroatoms. The average molecular weight is 200 g/mol.